The Kier molecular flexibility index (Phi) is 4.45. The lowest BCUT2D eigenvalue weighted by atomic mass is 10.4. The molecule has 8 heavy (non-hydrogen) atoms. The fourth-order valence-corrected chi connectivity index (χ4v) is 0.491. The molecule has 0 heterocycles. The van der Waals surface area contributed by atoms with E-state index >= 15 is 0 Å². The molecule has 2 nitrogen and oxygen atoms in total. The number of carbonyl (C=O) groups excluding carboxylic acids is 1. The molecule has 0 unspecified atom stereocenters. The van der Waals surface area contributed by atoms with Gasteiger partial charge in [-0.1, -0.05) is 6.58 Å². The molecule has 0 rings (SSSR count). The molecule has 0 spiro atoms. The summed E-state index contributed by atoms with van der Waals surface area (Å²) in [6.07, 6.45) is 1.82. The molecule has 0 atom stereocenters. The van der Waals surface area contributed by atoms with Crippen LogP contribution in [-0.2, 0) is 4.79 Å². The lowest BCUT2D eigenvalue weighted by Gasteiger charge is -1.92. The molecule has 0 saturated heterocycles. The molecular formula is C5H9NOS. The van der Waals surface area contributed by atoms with Gasteiger partial charge in [-0.15, -0.1) is 0 Å². The third kappa shape index (κ3) is 3.74. The second kappa shape index (κ2) is 4.71. The first-order valence-corrected chi connectivity index (χ1v) is 2.95. The van der Waals surface area contributed by atoms with Gasteiger partial charge in [-0.3, -0.25) is 4.79 Å². The summed E-state index contributed by atoms with van der Waals surface area (Å²) in [5.41, 5.74) is 0. The van der Waals surface area contributed by atoms with E-state index in [1.54, 1.807) is 0 Å². The number of amides is 1. The van der Waals surface area contributed by atoms with Crippen LogP contribution >= 0.6 is 12.6 Å². The molecule has 0 bridgehead atoms. The monoisotopic (exact) mass is 131 g/mol. The standard InChI is InChI=1S/C5H9NOS/c1-2-6-5(7)3-4-8/h2,8H,1,3-4H2,(H,6,7). The normalized spacial score (nSPS) is 8.12. The van der Waals surface area contributed by atoms with E-state index in [1.165, 1.54) is 6.20 Å². The molecule has 0 fully saturated rings. The van der Waals surface area contributed by atoms with Crippen molar-refractivity contribution < 1.29 is 4.79 Å². The Morgan fingerprint density at radius 2 is 2.50 bits per heavy atom. The predicted octanol–water partition coefficient (Wildman–Crippen LogP) is 0.566. The maximum absolute atomic E-state index is 10.4. The molecule has 1 N–H and O–H groups in total. The number of hydrogen-bond acceptors (Lipinski definition) is 2. The average molecular weight is 131 g/mol. The van der Waals surface area contributed by atoms with Crippen molar-refractivity contribution in [3.05, 3.63) is 12.8 Å². The Morgan fingerprint density at radius 1 is 1.88 bits per heavy atom. The second-order valence-electron chi connectivity index (χ2n) is 1.25. The molecule has 0 aliphatic rings. The fourth-order valence-electron chi connectivity index (χ4n) is 0.288. The average Bonchev–Trinajstić information content (AvgIpc) is 1.68. The molecule has 3 heteroatoms. The van der Waals surface area contributed by atoms with Crippen LogP contribution in [0.4, 0.5) is 0 Å². The summed E-state index contributed by atoms with van der Waals surface area (Å²) in [6.45, 7) is 3.33. The number of rotatable bonds is 3. The number of hydrogen-bond donors (Lipinski definition) is 2. The van der Waals surface area contributed by atoms with Crippen LogP contribution in [0.3, 0.4) is 0 Å². The van der Waals surface area contributed by atoms with Crippen molar-refractivity contribution >= 4 is 18.5 Å². The molecule has 0 aromatic rings. The largest absolute Gasteiger partial charge is 0.333 e. The van der Waals surface area contributed by atoms with E-state index in [0.29, 0.717) is 12.2 Å². The third-order valence-corrected chi connectivity index (χ3v) is 0.826. The van der Waals surface area contributed by atoms with E-state index in [1.807, 2.05) is 0 Å². The minimum Gasteiger partial charge on any atom is -0.333 e. The zero-order valence-corrected chi connectivity index (χ0v) is 5.45. The summed E-state index contributed by atoms with van der Waals surface area (Å²) < 4.78 is 0. The molecule has 46 valence electrons. The SMILES string of the molecule is C=CNC(=O)CCS. The summed E-state index contributed by atoms with van der Waals surface area (Å²) in [5.74, 6) is 0.551. The zero-order chi connectivity index (χ0) is 6.41. The van der Waals surface area contributed by atoms with Gasteiger partial charge in [-0.05, 0) is 12.0 Å². The van der Waals surface area contributed by atoms with Gasteiger partial charge in [-0.25, -0.2) is 0 Å². The first-order chi connectivity index (χ1) is 3.81. The molecule has 0 radical (unpaired) electrons. The lowest BCUT2D eigenvalue weighted by Crippen LogP contribution is -2.16. The van der Waals surface area contributed by atoms with Gasteiger partial charge < -0.3 is 5.32 Å². The molecule has 0 saturated carbocycles. The van der Waals surface area contributed by atoms with E-state index in [2.05, 4.69) is 24.5 Å². The van der Waals surface area contributed by atoms with E-state index in [-0.39, 0.29) is 5.91 Å². The molecule has 0 aromatic heterocycles. The molecular weight excluding hydrogens is 122 g/mol. The second-order valence-corrected chi connectivity index (χ2v) is 1.69. The number of nitrogens with one attached hydrogen (secondary N) is 1. The minimum atomic E-state index is -0.0324. The van der Waals surface area contributed by atoms with Crippen LogP contribution in [0.25, 0.3) is 0 Å². The Labute approximate surface area is 54.4 Å². The van der Waals surface area contributed by atoms with Crippen LogP contribution in [0, 0.1) is 0 Å². The van der Waals surface area contributed by atoms with Crippen molar-refractivity contribution in [2.75, 3.05) is 5.75 Å². The molecule has 0 aliphatic carbocycles. The van der Waals surface area contributed by atoms with Crippen LogP contribution in [0.2, 0.25) is 0 Å². The molecule has 0 aliphatic heterocycles. The highest BCUT2D eigenvalue weighted by molar-refractivity contribution is 7.80. The Balaban J connectivity index is 3.18. The maximum atomic E-state index is 10.4. The highest BCUT2D eigenvalue weighted by Crippen LogP contribution is 1.81. The Morgan fingerprint density at radius 3 is 2.88 bits per heavy atom. The van der Waals surface area contributed by atoms with Gasteiger partial charge in [0.15, 0.2) is 0 Å². The smallest absolute Gasteiger partial charge is 0.224 e. The van der Waals surface area contributed by atoms with E-state index < -0.39 is 0 Å². The lowest BCUT2D eigenvalue weighted by molar-refractivity contribution is -0.119. The van der Waals surface area contributed by atoms with Gasteiger partial charge in [0.25, 0.3) is 0 Å². The van der Waals surface area contributed by atoms with Gasteiger partial charge in [0.05, 0.1) is 0 Å². The van der Waals surface area contributed by atoms with Crippen LogP contribution in [-0.4, -0.2) is 11.7 Å². The first-order valence-electron chi connectivity index (χ1n) is 2.32. The fraction of sp³-hybridized carbons (Fsp3) is 0.400. The van der Waals surface area contributed by atoms with Crippen molar-refractivity contribution in [2.24, 2.45) is 0 Å². The summed E-state index contributed by atoms with van der Waals surface area (Å²) in [5, 5.41) is 2.42. The van der Waals surface area contributed by atoms with Crippen molar-refractivity contribution in [3.8, 4) is 0 Å². The third-order valence-electron chi connectivity index (χ3n) is 0.602. The van der Waals surface area contributed by atoms with Gasteiger partial charge in [0, 0.05) is 6.42 Å². The van der Waals surface area contributed by atoms with Gasteiger partial charge >= 0.3 is 0 Å². The quantitative estimate of drug-likeness (QED) is 0.539. The summed E-state index contributed by atoms with van der Waals surface area (Å²) in [7, 11) is 0. The summed E-state index contributed by atoms with van der Waals surface area (Å²) in [4.78, 5) is 10.4. The summed E-state index contributed by atoms with van der Waals surface area (Å²) >= 11 is 3.86. The van der Waals surface area contributed by atoms with Crippen LogP contribution in [0.5, 0.6) is 0 Å². The van der Waals surface area contributed by atoms with Crippen molar-refractivity contribution in [2.45, 2.75) is 6.42 Å². The number of thiol groups is 1. The van der Waals surface area contributed by atoms with Crippen LogP contribution in [0.15, 0.2) is 12.8 Å². The van der Waals surface area contributed by atoms with Crippen molar-refractivity contribution in [1.29, 1.82) is 0 Å². The van der Waals surface area contributed by atoms with E-state index in [4.69, 9.17) is 0 Å². The summed E-state index contributed by atoms with van der Waals surface area (Å²) in [6, 6.07) is 0. The van der Waals surface area contributed by atoms with Crippen LogP contribution < -0.4 is 5.32 Å². The Bertz CT molecular complexity index is 92.4. The first kappa shape index (κ1) is 7.56. The minimum absolute atomic E-state index is 0.0324. The highest BCUT2D eigenvalue weighted by Gasteiger charge is 1.91. The predicted molar refractivity (Wildman–Crippen MR) is 36.8 cm³/mol. The number of carbonyl (C=O) groups is 1. The molecule has 0 aromatic carbocycles. The van der Waals surface area contributed by atoms with E-state index in [9.17, 15) is 4.79 Å². The van der Waals surface area contributed by atoms with Crippen molar-refractivity contribution in [1.82, 2.24) is 5.32 Å². The van der Waals surface area contributed by atoms with Gasteiger partial charge in [-0.2, -0.15) is 12.6 Å². The Hall–Kier alpha value is -0.440. The van der Waals surface area contributed by atoms with Crippen LogP contribution in [0.1, 0.15) is 6.42 Å². The van der Waals surface area contributed by atoms with Gasteiger partial charge in [0.1, 0.15) is 0 Å². The topological polar surface area (TPSA) is 29.1 Å². The maximum Gasteiger partial charge on any atom is 0.224 e. The van der Waals surface area contributed by atoms with Gasteiger partial charge in [0.2, 0.25) is 5.91 Å². The van der Waals surface area contributed by atoms with E-state index in [0.717, 1.165) is 0 Å². The van der Waals surface area contributed by atoms with Crippen molar-refractivity contribution in [3.63, 3.8) is 0 Å². The highest BCUT2D eigenvalue weighted by atomic mass is 32.1. The molecule has 1 amide bonds. The zero-order valence-electron chi connectivity index (χ0n) is 4.55.